The molecule has 0 aliphatic rings. The monoisotopic (exact) mass is 372 g/mol. The molecule has 2 aromatic rings. The van der Waals surface area contributed by atoms with Crippen molar-refractivity contribution in [2.75, 3.05) is 20.1 Å². The Hall–Kier alpha value is -2.33. The van der Waals surface area contributed by atoms with E-state index >= 15 is 0 Å². The Morgan fingerprint density at radius 2 is 2.00 bits per heavy atom. The molecule has 1 heterocycles. The second-order valence-electron chi connectivity index (χ2n) is 5.20. The lowest BCUT2D eigenvalue weighted by atomic mass is 10.4. The van der Waals surface area contributed by atoms with Gasteiger partial charge >= 0.3 is 6.55 Å². The summed E-state index contributed by atoms with van der Waals surface area (Å²) in [6.07, 6.45) is 2.52. The first kappa shape index (κ1) is 19.0. The van der Waals surface area contributed by atoms with Crippen molar-refractivity contribution in [1.29, 1.82) is 0 Å². The van der Waals surface area contributed by atoms with Crippen LogP contribution in [0.1, 0.15) is 12.4 Å². The Balaban J connectivity index is 1.87. The van der Waals surface area contributed by atoms with E-state index in [-0.39, 0.29) is 30.2 Å². The van der Waals surface area contributed by atoms with E-state index in [0.717, 1.165) is 10.5 Å². The molecule has 0 saturated heterocycles. The predicted molar refractivity (Wildman–Crippen MR) is 86.5 cm³/mol. The smallest absolute Gasteiger partial charge is 0.319 e. The lowest BCUT2D eigenvalue weighted by molar-refractivity contribution is -0.121. The molecule has 1 aromatic carbocycles. The van der Waals surface area contributed by atoms with E-state index in [1.807, 2.05) is 0 Å². The molecule has 0 fully saturated rings. The number of rotatable bonds is 8. The van der Waals surface area contributed by atoms with Crippen molar-refractivity contribution in [3.05, 3.63) is 48.5 Å². The normalized spacial score (nSPS) is 11.9. The number of aromatic nitrogens is 2. The zero-order chi connectivity index (χ0) is 18.4. The van der Waals surface area contributed by atoms with Crippen LogP contribution in [0.2, 0.25) is 0 Å². The van der Waals surface area contributed by atoms with Gasteiger partial charge in [0, 0.05) is 32.4 Å². The number of nitrogens with zero attached hydrogens (tertiary/aromatic N) is 3. The SMILES string of the molecule is CN(CC(=O)NCCc1nccn1C(F)F)S(=O)(=O)c1ccccc1. The number of hydrogen-bond donors (Lipinski definition) is 1. The van der Waals surface area contributed by atoms with Gasteiger partial charge in [-0.2, -0.15) is 13.1 Å². The summed E-state index contributed by atoms with van der Waals surface area (Å²) in [4.78, 5) is 15.8. The number of halogens is 2. The minimum Gasteiger partial charge on any atom is -0.355 e. The van der Waals surface area contributed by atoms with Crippen LogP contribution < -0.4 is 5.32 Å². The average Bonchev–Trinajstić information content (AvgIpc) is 3.04. The van der Waals surface area contributed by atoms with Gasteiger partial charge in [-0.15, -0.1) is 0 Å². The third kappa shape index (κ3) is 4.83. The minimum atomic E-state index is -3.76. The molecule has 136 valence electrons. The maximum atomic E-state index is 12.7. The lowest BCUT2D eigenvalue weighted by Gasteiger charge is -2.16. The number of alkyl halides is 2. The van der Waals surface area contributed by atoms with Gasteiger partial charge < -0.3 is 5.32 Å². The molecule has 2 rings (SSSR count). The lowest BCUT2D eigenvalue weighted by Crippen LogP contribution is -2.39. The van der Waals surface area contributed by atoms with Gasteiger partial charge in [0.15, 0.2) is 0 Å². The van der Waals surface area contributed by atoms with Crippen LogP contribution in [0.5, 0.6) is 0 Å². The molecule has 0 radical (unpaired) electrons. The Morgan fingerprint density at radius 1 is 1.32 bits per heavy atom. The molecule has 1 N–H and O–H groups in total. The standard InChI is InChI=1S/C15H18F2N4O3S/c1-20(25(23,24)12-5-3-2-4-6-12)11-14(22)19-8-7-13-18-9-10-21(13)15(16)17/h2-6,9-10,15H,7-8,11H2,1H3,(H,19,22). The minimum absolute atomic E-state index is 0.0712. The quantitative estimate of drug-likeness (QED) is 0.756. The van der Waals surface area contributed by atoms with E-state index in [2.05, 4.69) is 10.3 Å². The Bertz CT molecular complexity index is 809. The second-order valence-corrected chi connectivity index (χ2v) is 7.25. The van der Waals surface area contributed by atoms with Gasteiger partial charge in [0.1, 0.15) is 5.82 Å². The summed E-state index contributed by atoms with van der Waals surface area (Å²) in [5.74, 6) is -0.391. The molecule has 1 amide bonds. The molecule has 0 unspecified atom stereocenters. The first-order chi connectivity index (χ1) is 11.8. The molecule has 0 atom stereocenters. The van der Waals surface area contributed by atoms with Crippen LogP contribution in [0.4, 0.5) is 8.78 Å². The number of nitrogens with one attached hydrogen (secondary N) is 1. The van der Waals surface area contributed by atoms with Gasteiger partial charge in [0.25, 0.3) is 0 Å². The summed E-state index contributed by atoms with van der Waals surface area (Å²) in [6.45, 7) is -3.00. The largest absolute Gasteiger partial charge is 0.355 e. The van der Waals surface area contributed by atoms with Gasteiger partial charge in [-0.25, -0.2) is 13.4 Å². The van der Waals surface area contributed by atoms with Crippen LogP contribution in [0.3, 0.4) is 0 Å². The number of carbonyl (C=O) groups excluding carboxylic acids is 1. The molecule has 0 saturated carbocycles. The predicted octanol–water partition coefficient (Wildman–Crippen LogP) is 1.26. The second kappa shape index (κ2) is 8.17. The molecule has 0 aliphatic heterocycles. The Morgan fingerprint density at radius 3 is 2.64 bits per heavy atom. The number of amides is 1. The molecule has 25 heavy (non-hydrogen) atoms. The first-order valence-corrected chi connectivity index (χ1v) is 8.84. The fourth-order valence-electron chi connectivity index (χ4n) is 2.14. The van der Waals surface area contributed by atoms with Crippen molar-refractivity contribution >= 4 is 15.9 Å². The molecule has 1 aromatic heterocycles. The van der Waals surface area contributed by atoms with Crippen LogP contribution in [-0.2, 0) is 21.2 Å². The van der Waals surface area contributed by atoms with E-state index in [4.69, 9.17) is 0 Å². The van der Waals surface area contributed by atoms with E-state index in [0.29, 0.717) is 4.57 Å². The van der Waals surface area contributed by atoms with Crippen molar-refractivity contribution in [1.82, 2.24) is 19.2 Å². The number of imidazole rings is 1. The third-order valence-corrected chi connectivity index (χ3v) is 5.27. The number of likely N-dealkylation sites (N-methyl/N-ethyl adjacent to an activating group) is 1. The van der Waals surface area contributed by atoms with E-state index in [9.17, 15) is 22.0 Å². The number of benzene rings is 1. The van der Waals surface area contributed by atoms with Crippen LogP contribution in [0, 0.1) is 0 Å². The molecule has 0 aliphatic carbocycles. The van der Waals surface area contributed by atoms with Crippen molar-refractivity contribution < 1.29 is 22.0 Å². The molecule has 0 bridgehead atoms. The number of hydrogen-bond acceptors (Lipinski definition) is 4. The number of sulfonamides is 1. The molecule has 7 nitrogen and oxygen atoms in total. The van der Waals surface area contributed by atoms with Crippen LogP contribution >= 0.6 is 0 Å². The van der Waals surface area contributed by atoms with Crippen molar-refractivity contribution in [3.8, 4) is 0 Å². The van der Waals surface area contributed by atoms with Crippen LogP contribution in [0.25, 0.3) is 0 Å². The van der Waals surface area contributed by atoms with Crippen molar-refractivity contribution in [2.24, 2.45) is 0 Å². The van der Waals surface area contributed by atoms with Gasteiger partial charge in [-0.3, -0.25) is 9.36 Å². The summed E-state index contributed by atoms with van der Waals surface area (Å²) < 4.78 is 51.6. The average molecular weight is 372 g/mol. The van der Waals surface area contributed by atoms with E-state index in [1.54, 1.807) is 18.2 Å². The number of carbonyl (C=O) groups is 1. The fourth-order valence-corrected chi connectivity index (χ4v) is 3.29. The van der Waals surface area contributed by atoms with Gasteiger partial charge in [-0.05, 0) is 12.1 Å². The Labute approximate surface area is 144 Å². The molecular weight excluding hydrogens is 354 g/mol. The summed E-state index contributed by atoms with van der Waals surface area (Å²) in [5, 5.41) is 2.50. The first-order valence-electron chi connectivity index (χ1n) is 7.40. The van der Waals surface area contributed by atoms with Crippen LogP contribution in [-0.4, -0.2) is 48.3 Å². The summed E-state index contributed by atoms with van der Waals surface area (Å²) >= 11 is 0. The van der Waals surface area contributed by atoms with E-state index < -0.39 is 22.5 Å². The van der Waals surface area contributed by atoms with Gasteiger partial charge in [-0.1, -0.05) is 18.2 Å². The van der Waals surface area contributed by atoms with Crippen molar-refractivity contribution in [3.63, 3.8) is 0 Å². The van der Waals surface area contributed by atoms with E-state index in [1.165, 1.54) is 25.4 Å². The highest BCUT2D eigenvalue weighted by Gasteiger charge is 2.22. The highest BCUT2D eigenvalue weighted by atomic mass is 32.2. The van der Waals surface area contributed by atoms with Gasteiger partial charge in [0.05, 0.1) is 11.4 Å². The highest BCUT2D eigenvalue weighted by molar-refractivity contribution is 7.89. The maximum absolute atomic E-state index is 12.7. The third-order valence-electron chi connectivity index (χ3n) is 3.45. The molecule has 0 spiro atoms. The summed E-state index contributed by atoms with van der Waals surface area (Å²) in [5.41, 5.74) is 0. The maximum Gasteiger partial charge on any atom is 0.319 e. The topological polar surface area (TPSA) is 84.3 Å². The summed E-state index contributed by atoms with van der Waals surface area (Å²) in [7, 11) is -2.47. The highest BCUT2D eigenvalue weighted by Crippen LogP contribution is 2.13. The Kier molecular flexibility index (Phi) is 6.21. The fraction of sp³-hybridized carbons (Fsp3) is 0.333. The van der Waals surface area contributed by atoms with Crippen LogP contribution in [0.15, 0.2) is 47.6 Å². The zero-order valence-corrected chi connectivity index (χ0v) is 14.3. The zero-order valence-electron chi connectivity index (χ0n) is 13.5. The molecular formula is C15H18F2N4O3S. The van der Waals surface area contributed by atoms with Crippen molar-refractivity contribution in [2.45, 2.75) is 17.9 Å². The summed E-state index contributed by atoms with van der Waals surface area (Å²) in [6, 6.07) is 7.74. The molecule has 10 heteroatoms. The van der Waals surface area contributed by atoms with Gasteiger partial charge in [0.2, 0.25) is 15.9 Å².